The molecule has 0 bridgehead atoms. The number of rotatable bonds is 7. The standard InChI is InChI=1S/C15H21NO5/c1-3-11-10(14(18)19)9-12(21-11)13(17)16-15(5-4-6-15)7-8-20-2/h9H,3-8H2,1-2H3,(H,16,17)(H,18,19). The highest BCUT2D eigenvalue weighted by atomic mass is 16.5. The van der Waals surface area contributed by atoms with E-state index >= 15 is 0 Å². The molecule has 1 aromatic heterocycles. The topological polar surface area (TPSA) is 88.8 Å². The number of hydrogen-bond donors (Lipinski definition) is 2. The number of carboxylic acids is 1. The summed E-state index contributed by atoms with van der Waals surface area (Å²) in [5.41, 5.74) is -0.183. The van der Waals surface area contributed by atoms with Gasteiger partial charge in [-0.25, -0.2) is 4.79 Å². The molecule has 21 heavy (non-hydrogen) atoms. The van der Waals surface area contributed by atoms with Crippen LogP contribution < -0.4 is 5.32 Å². The Morgan fingerprint density at radius 3 is 2.62 bits per heavy atom. The van der Waals surface area contributed by atoms with E-state index < -0.39 is 5.97 Å². The van der Waals surface area contributed by atoms with Crippen molar-refractivity contribution in [2.24, 2.45) is 0 Å². The highest BCUT2D eigenvalue weighted by Gasteiger charge is 2.38. The molecule has 2 rings (SSSR count). The van der Waals surface area contributed by atoms with Crippen molar-refractivity contribution in [1.82, 2.24) is 5.32 Å². The van der Waals surface area contributed by atoms with E-state index in [1.54, 1.807) is 14.0 Å². The van der Waals surface area contributed by atoms with Crippen LogP contribution in [0.1, 0.15) is 59.3 Å². The van der Waals surface area contributed by atoms with E-state index in [0.29, 0.717) is 18.8 Å². The molecule has 1 aromatic rings. The molecule has 0 aliphatic heterocycles. The van der Waals surface area contributed by atoms with Crippen molar-refractivity contribution in [3.8, 4) is 0 Å². The number of ether oxygens (including phenoxy) is 1. The number of aryl methyl sites for hydroxylation is 1. The number of carbonyl (C=O) groups excluding carboxylic acids is 1. The smallest absolute Gasteiger partial charge is 0.339 e. The Hall–Kier alpha value is -1.82. The first kappa shape index (κ1) is 15.6. The molecule has 116 valence electrons. The minimum absolute atomic E-state index is 0.0576. The third-order valence-corrected chi connectivity index (χ3v) is 4.06. The minimum Gasteiger partial charge on any atom is -0.478 e. The van der Waals surface area contributed by atoms with E-state index in [0.717, 1.165) is 25.7 Å². The maximum absolute atomic E-state index is 12.3. The molecule has 0 atom stereocenters. The summed E-state index contributed by atoms with van der Waals surface area (Å²) in [6, 6.07) is 1.30. The Morgan fingerprint density at radius 1 is 1.48 bits per heavy atom. The number of carboxylic acid groups (broad SMARTS) is 1. The average Bonchev–Trinajstić information content (AvgIpc) is 2.86. The monoisotopic (exact) mass is 295 g/mol. The number of nitrogens with one attached hydrogen (secondary N) is 1. The van der Waals surface area contributed by atoms with E-state index in [1.165, 1.54) is 6.07 Å². The number of methoxy groups -OCH3 is 1. The van der Waals surface area contributed by atoms with Crippen molar-refractivity contribution >= 4 is 11.9 Å². The molecule has 1 fully saturated rings. The van der Waals surface area contributed by atoms with E-state index in [1.807, 2.05) is 0 Å². The fourth-order valence-corrected chi connectivity index (χ4v) is 2.63. The Kier molecular flexibility index (Phi) is 4.67. The summed E-state index contributed by atoms with van der Waals surface area (Å²) in [6.45, 7) is 2.37. The first-order valence-corrected chi connectivity index (χ1v) is 7.19. The molecule has 0 unspecified atom stereocenters. The molecule has 1 amide bonds. The van der Waals surface area contributed by atoms with Gasteiger partial charge in [-0.3, -0.25) is 4.79 Å². The number of furan rings is 1. The molecular weight excluding hydrogens is 274 g/mol. The van der Waals surface area contributed by atoms with E-state index in [4.69, 9.17) is 14.3 Å². The molecule has 1 aliphatic carbocycles. The first-order chi connectivity index (χ1) is 10.0. The van der Waals surface area contributed by atoms with Gasteiger partial charge in [-0.05, 0) is 25.7 Å². The van der Waals surface area contributed by atoms with Crippen molar-refractivity contribution in [3.63, 3.8) is 0 Å². The zero-order valence-corrected chi connectivity index (χ0v) is 12.4. The molecule has 1 saturated carbocycles. The van der Waals surface area contributed by atoms with E-state index in [9.17, 15) is 9.59 Å². The molecule has 0 saturated heterocycles. The van der Waals surface area contributed by atoms with Gasteiger partial charge in [0.1, 0.15) is 11.3 Å². The van der Waals surface area contributed by atoms with Crippen molar-refractivity contribution < 1.29 is 23.8 Å². The highest BCUT2D eigenvalue weighted by molar-refractivity contribution is 5.96. The summed E-state index contributed by atoms with van der Waals surface area (Å²) in [5, 5.41) is 12.1. The molecule has 6 heteroatoms. The van der Waals surface area contributed by atoms with E-state index in [2.05, 4.69) is 5.32 Å². The van der Waals surface area contributed by atoms with Gasteiger partial charge in [-0.15, -0.1) is 0 Å². The molecule has 1 aliphatic rings. The number of carbonyl (C=O) groups is 2. The maximum atomic E-state index is 12.3. The third kappa shape index (κ3) is 3.26. The zero-order valence-electron chi connectivity index (χ0n) is 12.4. The van der Waals surface area contributed by atoms with Gasteiger partial charge >= 0.3 is 5.97 Å². The molecule has 6 nitrogen and oxygen atoms in total. The quantitative estimate of drug-likeness (QED) is 0.805. The van der Waals surface area contributed by atoms with Crippen LogP contribution in [0, 0.1) is 0 Å². The lowest BCUT2D eigenvalue weighted by molar-refractivity contribution is 0.0686. The van der Waals surface area contributed by atoms with Crippen LogP contribution in [-0.4, -0.2) is 36.2 Å². The van der Waals surface area contributed by atoms with Crippen molar-refractivity contribution in [1.29, 1.82) is 0 Å². The van der Waals surface area contributed by atoms with Crippen LogP contribution >= 0.6 is 0 Å². The van der Waals surface area contributed by atoms with Gasteiger partial charge in [0.2, 0.25) is 0 Å². The summed E-state index contributed by atoms with van der Waals surface area (Å²) in [4.78, 5) is 23.4. The van der Waals surface area contributed by atoms with Crippen molar-refractivity contribution in [3.05, 3.63) is 23.2 Å². The van der Waals surface area contributed by atoms with Gasteiger partial charge in [-0.2, -0.15) is 0 Å². The molecule has 2 N–H and O–H groups in total. The van der Waals surface area contributed by atoms with Crippen LogP contribution in [0.15, 0.2) is 10.5 Å². The van der Waals surface area contributed by atoms with Crippen LogP contribution in [0.2, 0.25) is 0 Å². The van der Waals surface area contributed by atoms with Crippen LogP contribution in [0.3, 0.4) is 0 Å². The fraction of sp³-hybridized carbons (Fsp3) is 0.600. The van der Waals surface area contributed by atoms with Gasteiger partial charge in [0.15, 0.2) is 5.76 Å². The maximum Gasteiger partial charge on any atom is 0.339 e. The lowest BCUT2D eigenvalue weighted by Gasteiger charge is -2.42. The molecular formula is C15H21NO5. The predicted octanol–water partition coefficient (Wildman–Crippen LogP) is 2.23. The third-order valence-electron chi connectivity index (χ3n) is 4.06. The average molecular weight is 295 g/mol. The number of amides is 1. The van der Waals surface area contributed by atoms with Crippen molar-refractivity contribution in [2.75, 3.05) is 13.7 Å². The van der Waals surface area contributed by atoms with Gasteiger partial charge in [-0.1, -0.05) is 6.92 Å². The van der Waals surface area contributed by atoms with Crippen LogP contribution in [-0.2, 0) is 11.2 Å². The van der Waals surface area contributed by atoms with Gasteiger partial charge < -0.3 is 19.6 Å². The van der Waals surface area contributed by atoms with Gasteiger partial charge in [0, 0.05) is 31.7 Å². The Balaban J connectivity index is 2.11. The minimum atomic E-state index is -1.08. The molecule has 1 heterocycles. The van der Waals surface area contributed by atoms with Crippen LogP contribution in [0.5, 0.6) is 0 Å². The fourth-order valence-electron chi connectivity index (χ4n) is 2.63. The second-order valence-corrected chi connectivity index (χ2v) is 5.44. The predicted molar refractivity (Wildman–Crippen MR) is 75.6 cm³/mol. The normalized spacial score (nSPS) is 16.3. The number of aromatic carboxylic acids is 1. The SMILES string of the molecule is CCc1oc(C(=O)NC2(CCOC)CCC2)cc1C(=O)O. The largest absolute Gasteiger partial charge is 0.478 e. The molecule has 0 radical (unpaired) electrons. The first-order valence-electron chi connectivity index (χ1n) is 7.19. The van der Waals surface area contributed by atoms with Crippen LogP contribution in [0.4, 0.5) is 0 Å². The van der Waals surface area contributed by atoms with E-state index in [-0.39, 0.29) is 22.8 Å². The van der Waals surface area contributed by atoms with Crippen LogP contribution in [0.25, 0.3) is 0 Å². The second-order valence-electron chi connectivity index (χ2n) is 5.44. The summed E-state index contributed by atoms with van der Waals surface area (Å²) >= 11 is 0. The second kappa shape index (κ2) is 6.30. The van der Waals surface area contributed by atoms with Gasteiger partial charge in [0.05, 0.1) is 0 Å². The summed E-state index contributed by atoms with van der Waals surface area (Å²) in [7, 11) is 1.63. The Morgan fingerprint density at radius 2 is 2.19 bits per heavy atom. The lowest BCUT2D eigenvalue weighted by Crippen LogP contribution is -2.54. The Bertz CT molecular complexity index is 530. The summed E-state index contributed by atoms with van der Waals surface area (Å²) in [6.07, 6.45) is 4.08. The molecule has 0 aromatic carbocycles. The summed E-state index contributed by atoms with van der Waals surface area (Å²) < 4.78 is 10.5. The Labute approximate surface area is 123 Å². The summed E-state index contributed by atoms with van der Waals surface area (Å²) in [5.74, 6) is -1.04. The number of hydrogen-bond acceptors (Lipinski definition) is 4. The lowest BCUT2D eigenvalue weighted by atomic mass is 9.74. The zero-order chi connectivity index (χ0) is 15.5. The molecule has 0 spiro atoms. The van der Waals surface area contributed by atoms with Gasteiger partial charge in [0.25, 0.3) is 5.91 Å². The van der Waals surface area contributed by atoms with Crippen molar-refractivity contribution in [2.45, 2.75) is 44.6 Å². The highest BCUT2D eigenvalue weighted by Crippen LogP contribution is 2.35.